The Labute approximate surface area is 54.5 Å². The summed E-state index contributed by atoms with van der Waals surface area (Å²) >= 11 is 0. The van der Waals surface area contributed by atoms with Crippen LogP contribution in [-0.2, 0) is 9.53 Å². The SMILES string of the molecule is CC=COC(=O)C1CC1. The van der Waals surface area contributed by atoms with Gasteiger partial charge in [0, 0.05) is 0 Å². The molecule has 0 N–H and O–H groups in total. The Morgan fingerprint density at radius 3 is 2.78 bits per heavy atom. The van der Waals surface area contributed by atoms with E-state index in [4.69, 9.17) is 4.74 Å². The summed E-state index contributed by atoms with van der Waals surface area (Å²) in [5.41, 5.74) is 0. The summed E-state index contributed by atoms with van der Waals surface area (Å²) in [5.74, 6) is 0.134. The molecule has 0 aromatic rings. The molecule has 0 aromatic carbocycles. The van der Waals surface area contributed by atoms with Crippen LogP contribution in [0.15, 0.2) is 12.3 Å². The van der Waals surface area contributed by atoms with Crippen molar-refractivity contribution in [3.63, 3.8) is 0 Å². The maximum absolute atomic E-state index is 10.7. The first-order chi connectivity index (χ1) is 4.34. The molecule has 0 spiro atoms. The van der Waals surface area contributed by atoms with Gasteiger partial charge in [-0.15, -0.1) is 0 Å². The number of esters is 1. The largest absolute Gasteiger partial charge is 0.435 e. The third-order valence-electron chi connectivity index (χ3n) is 1.23. The second kappa shape index (κ2) is 2.67. The van der Waals surface area contributed by atoms with Gasteiger partial charge in [-0.3, -0.25) is 4.79 Å². The maximum atomic E-state index is 10.7. The van der Waals surface area contributed by atoms with Gasteiger partial charge in [0.2, 0.25) is 0 Å². The minimum absolute atomic E-state index is 0.0758. The summed E-state index contributed by atoms with van der Waals surface area (Å²) in [7, 11) is 0. The van der Waals surface area contributed by atoms with Crippen LogP contribution in [0.4, 0.5) is 0 Å². The molecule has 0 aliphatic heterocycles. The second-order valence-corrected chi connectivity index (χ2v) is 2.18. The molecule has 0 amide bonds. The number of ether oxygens (including phenoxy) is 1. The van der Waals surface area contributed by atoms with Crippen molar-refractivity contribution in [1.82, 2.24) is 0 Å². The zero-order valence-electron chi connectivity index (χ0n) is 5.46. The monoisotopic (exact) mass is 126 g/mol. The van der Waals surface area contributed by atoms with Gasteiger partial charge in [0.05, 0.1) is 12.2 Å². The molecular formula is C7H10O2. The fourth-order valence-electron chi connectivity index (χ4n) is 0.550. The minimum Gasteiger partial charge on any atom is -0.435 e. The van der Waals surface area contributed by atoms with Crippen LogP contribution >= 0.6 is 0 Å². The first-order valence-corrected chi connectivity index (χ1v) is 3.16. The molecule has 1 aliphatic rings. The standard InChI is InChI=1S/C7H10O2/c1-2-5-9-7(8)6-3-4-6/h2,5-6H,3-4H2,1H3. The molecule has 50 valence electrons. The molecule has 0 saturated heterocycles. The van der Waals surface area contributed by atoms with Crippen LogP contribution in [0, 0.1) is 5.92 Å². The van der Waals surface area contributed by atoms with E-state index in [2.05, 4.69) is 0 Å². The normalized spacial score (nSPS) is 18.3. The van der Waals surface area contributed by atoms with Crippen LogP contribution in [0.1, 0.15) is 19.8 Å². The lowest BCUT2D eigenvalue weighted by atomic mass is 10.4. The van der Waals surface area contributed by atoms with Crippen molar-refractivity contribution in [2.75, 3.05) is 0 Å². The van der Waals surface area contributed by atoms with E-state index >= 15 is 0 Å². The first kappa shape index (κ1) is 6.33. The summed E-state index contributed by atoms with van der Waals surface area (Å²) in [6.45, 7) is 1.82. The highest BCUT2D eigenvalue weighted by Crippen LogP contribution is 2.29. The van der Waals surface area contributed by atoms with Crippen molar-refractivity contribution in [1.29, 1.82) is 0 Å². The summed E-state index contributed by atoms with van der Waals surface area (Å²) in [4.78, 5) is 10.7. The molecule has 2 nitrogen and oxygen atoms in total. The topological polar surface area (TPSA) is 26.3 Å². The Morgan fingerprint density at radius 2 is 2.33 bits per heavy atom. The molecule has 1 fully saturated rings. The summed E-state index contributed by atoms with van der Waals surface area (Å²) in [5, 5.41) is 0. The quantitative estimate of drug-likeness (QED) is 0.413. The van der Waals surface area contributed by atoms with E-state index in [9.17, 15) is 4.79 Å². The highest BCUT2D eigenvalue weighted by atomic mass is 16.5. The number of hydrogen-bond acceptors (Lipinski definition) is 2. The lowest BCUT2D eigenvalue weighted by molar-refractivity contribution is -0.139. The summed E-state index contributed by atoms with van der Waals surface area (Å²) < 4.78 is 4.70. The van der Waals surface area contributed by atoms with Crippen LogP contribution in [0.2, 0.25) is 0 Å². The predicted octanol–water partition coefficient (Wildman–Crippen LogP) is 1.47. The molecule has 0 radical (unpaired) electrons. The fourth-order valence-corrected chi connectivity index (χ4v) is 0.550. The number of hydrogen-bond donors (Lipinski definition) is 0. The Hall–Kier alpha value is -0.790. The molecule has 0 heterocycles. The van der Waals surface area contributed by atoms with E-state index in [1.165, 1.54) is 6.26 Å². The van der Waals surface area contributed by atoms with Gasteiger partial charge in [-0.1, -0.05) is 6.08 Å². The second-order valence-electron chi connectivity index (χ2n) is 2.18. The van der Waals surface area contributed by atoms with Crippen molar-refractivity contribution in [3.8, 4) is 0 Å². The summed E-state index contributed by atoms with van der Waals surface area (Å²) in [6, 6.07) is 0. The predicted molar refractivity (Wildman–Crippen MR) is 33.6 cm³/mol. The van der Waals surface area contributed by atoms with Gasteiger partial charge in [-0.2, -0.15) is 0 Å². The first-order valence-electron chi connectivity index (χ1n) is 3.16. The fraction of sp³-hybridized carbons (Fsp3) is 0.571. The molecule has 1 aliphatic carbocycles. The number of carbonyl (C=O) groups excluding carboxylic acids is 1. The van der Waals surface area contributed by atoms with Gasteiger partial charge in [0.15, 0.2) is 0 Å². The number of carbonyl (C=O) groups is 1. The van der Waals surface area contributed by atoms with Gasteiger partial charge >= 0.3 is 5.97 Å². The van der Waals surface area contributed by atoms with Crippen molar-refractivity contribution in [2.24, 2.45) is 5.92 Å². The molecular weight excluding hydrogens is 116 g/mol. The molecule has 0 aromatic heterocycles. The third kappa shape index (κ3) is 1.88. The van der Waals surface area contributed by atoms with Gasteiger partial charge < -0.3 is 4.74 Å². The highest BCUT2D eigenvalue weighted by Gasteiger charge is 2.30. The van der Waals surface area contributed by atoms with E-state index < -0.39 is 0 Å². The lowest BCUT2D eigenvalue weighted by Crippen LogP contribution is -2.00. The van der Waals surface area contributed by atoms with Gasteiger partial charge in [-0.05, 0) is 19.8 Å². The van der Waals surface area contributed by atoms with Gasteiger partial charge in [-0.25, -0.2) is 0 Å². The van der Waals surface area contributed by atoms with Gasteiger partial charge in [0.25, 0.3) is 0 Å². The van der Waals surface area contributed by atoms with Crippen LogP contribution in [0.5, 0.6) is 0 Å². The van der Waals surface area contributed by atoms with E-state index in [-0.39, 0.29) is 11.9 Å². The molecule has 2 heteroatoms. The molecule has 9 heavy (non-hydrogen) atoms. The Morgan fingerprint density at radius 1 is 1.67 bits per heavy atom. The Kier molecular flexibility index (Phi) is 1.88. The highest BCUT2D eigenvalue weighted by molar-refractivity contribution is 5.75. The third-order valence-corrected chi connectivity index (χ3v) is 1.23. The number of allylic oxidation sites excluding steroid dienone is 1. The molecule has 0 atom stereocenters. The van der Waals surface area contributed by atoms with Crippen molar-refractivity contribution in [3.05, 3.63) is 12.3 Å². The Balaban J connectivity index is 2.18. The van der Waals surface area contributed by atoms with Crippen molar-refractivity contribution in [2.45, 2.75) is 19.8 Å². The van der Waals surface area contributed by atoms with Crippen molar-refractivity contribution < 1.29 is 9.53 Å². The minimum atomic E-state index is -0.0758. The van der Waals surface area contributed by atoms with Crippen LogP contribution < -0.4 is 0 Å². The average molecular weight is 126 g/mol. The zero-order valence-corrected chi connectivity index (χ0v) is 5.46. The van der Waals surface area contributed by atoms with Crippen LogP contribution in [0.3, 0.4) is 0 Å². The molecule has 0 unspecified atom stereocenters. The maximum Gasteiger partial charge on any atom is 0.313 e. The van der Waals surface area contributed by atoms with E-state index in [0.29, 0.717) is 0 Å². The van der Waals surface area contributed by atoms with E-state index in [1.807, 2.05) is 6.92 Å². The van der Waals surface area contributed by atoms with E-state index in [0.717, 1.165) is 12.8 Å². The molecule has 0 bridgehead atoms. The average Bonchev–Trinajstić information content (AvgIpc) is 2.63. The lowest BCUT2D eigenvalue weighted by Gasteiger charge is -1.92. The van der Waals surface area contributed by atoms with Crippen LogP contribution in [-0.4, -0.2) is 5.97 Å². The van der Waals surface area contributed by atoms with Gasteiger partial charge in [0.1, 0.15) is 0 Å². The number of rotatable bonds is 2. The summed E-state index contributed by atoms with van der Waals surface area (Å²) in [6.07, 6.45) is 5.16. The smallest absolute Gasteiger partial charge is 0.313 e. The van der Waals surface area contributed by atoms with E-state index in [1.54, 1.807) is 6.08 Å². The molecule has 1 saturated carbocycles. The Bertz CT molecular complexity index is 134. The zero-order chi connectivity index (χ0) is 6.69. The van der Waals surface area contributed by atoms with Crippen molar-refractivity contribution >= 4 is 5.97 Å². The van der Waals surface area contributed by atoms with Crippen LogP contribution in [0.25, 0.3) is 0 Å². The molecule has 1 rings (SSSR count).